The fourth-order valence-electron chi connectivity index (χ4n) is 5.26. The van der Waals surface area contributed by atoms with Gasteiger partial charge in [-0.3, -0.25) is 4.79 Å². The summed E-state index contributed by atoms with van der Waals surface area (Å²) in [7, 11) is 2.00. The maximum Gasteiger partial charge on any atom is 0.226 e. The van der Waals surface area contributed by atoms with Crippen LogP contribution in [0.5, 0.6) is 0 Å². The Hall–Kier alpha value is -1.29. The van der Waals surface area contributed by atoms with Gasteiger partial charge in [-0.05, 0) is 56.8 Å². The SMILES string of the molecule is CCC1c2[nH]c3ccccc3c2CCN1C(=O)C1CCCCC1CNC.[Fe]. The molecule has 1 fully saturated rings. The van der Waals surface area contributed by atoms with E-state index in [2.05, 4.69) is 46.4 Å². The quantitative estimate of drug-likeness (QED) is 0.750. The maximum atomic E-state index is 13.5. The van der Waals surface area contributed by atoms with Crippen LogP contribution in [0, 0.1) is 11.8 Å². The average molecular weight is 409 g/mol. The number of hydrogen-bond donors (Lipinski definition) is 2. The van der Waals surface area contributed by atoms with Crippen molar-refractivity contribution in [2.75, 3.05) is 20.1 Å². The van der Waals surface area contributed by atoms with Gasteiger partial charge in [0.2, 0.25) is 5.91 Å². The van der Waals surface area contributed by atoms with Gasteiger partial charge in [-0.25, -0.2) is 0 Å². The number of nitrogens with zero attached hydrogens (tertiary/aromatic N) is 1. The molecule has 4 rings (SSSR count). The van der Waals surface area contributed by atoms with Gasteiger partial charge in [0.25, 0.3) is 0 Å². The first-order chi connectivity index (χ1) is 12.7. The first-order valence-electron chi connectivity index (χ1n) is 10.3. The average Bonchev–Trinajstić information content (AvgIpc) is 3.06. The minimum atomic E-state index is 0. The van der Waals surface area contributed by atoms with Crippen molar-refractivity contribution in [2.45, 2.75) is 51.5 Å². The molecule has 2 aliphatic rings. The molecule has 2 N–H and O–H groups in total. The van der Waals surface area contributed by atoms with Gasteiger partial charge in [-0.15, -0.1) is 0 Å². The van der Waals surface area contributed by atoms with E-state index in [1.54, 1.807) is 0 Å². The number of aromatic amines is 1. The van der Waals surface area contributed by atoms with Crippen molar-refractivity contribution in [1.82, 2.24) is 15.2 Å². The van der Waals surface area contributed by atoms with Gasteiger partial charge in [-0.1, -0.05) is 38.0 Å². The zero-order valence-electron chi connectivity index (χ0n) is 16.4. The minimum Gasteiger partial charge on any atom is -0.356 e. The van der Waals surface area contributed by atoms with Crippen molar-refractivity contribution >= 4 is 16.8 Å². The molecule has 3 atom stereocenters. The van der Waals surface area contributed by atoms with Gasteiger partial charge in [0, 0.05) is 46.1 Å². The van der Waals surface area contributed by atoms with E-state index in [9.17, 15) is 4.79 Å². The Bertz CT molecular complexity index is 785. The van der Waals surface area contributed by atoms with Crippen molar-refractivity contribution in [2.24, 2.45) is 11.8 Å². The molecule has 1 saturated carbocycles. The Labute approximate surface area is 172 Å². The zero-order valence-corrected chi connectivity index (χ0v) is 17.5. The van der Waals surface area contributed by atoms with Crippen molar-refractivity contribution in [3.8, 4) is 0 Å². The van der Waals surface area contributed by atoms with E-state index in [0.29, 0.717) is 11.8 Å². The predicted octanol–water partition coefficient (Wildman–Crippen LogP) is 4.03. The molecule has 1 aromatic heterocycles. The van der Waals surface area contributed by atoms with E-state index in [1.165, 1.54) is 41.4 Å². The number of aromatic nitrogens is 1. The van der Waals surface area contributed by atoms with E-state index in [4.69, 9.17) is 0 Å². The summed E-state index contributed by atoms with van der Waals surface area (Å²) in [6, 6.07) is 8.74. The summed E-state index contributed by atoms with van der Waals surface area (Å²) < 4.78 is 0. The first kappa shape index (κ1) is 20.4. The molecule has 2 aromatic rings. The number of rotatable bonds is 4. The number of carbonyl (C=O) groups excluding carboxylic acids is 1. The van der Waals surface area contributed by atoms with Crippen LogP contribution < -0.4 is 5.32 Å². The van der Waals surface area contributed by atoms with Gasteiger partial charge >= 0.3 is 0 Å². The zero-order chi connectivity index (χ0) is 18.1. The van der Waals surface area contributed by atoms with Crippen LogP contribution in [0.3, 0.4) is 0 Å². The van der Waals surface area contributed by atoms with Gasteiger partial charge in [0.15, 0.2) is 0 Å². The van der Waals surface area contributed by atoms with Gasteiger partial charge in [-0.2, -0.15) is 0 Å². The Kier molecular flexibility index (Phi) is 6.67. The summed E-state index contributed by atoms with van der Waals surface area (Å²) in [5, 5.41) is 4.64. The second kappa shape index (κ2) is 8.81. The number of benzene rings is 1. The van der Waals surface area contributed by atoms with E-state index in [1.807, 2.05) is 7.05 Å². The molecule has 1 amide bonds. The largest absolute Gasteiger partial charge is 0.356 e. The van der Waals surface area contributed by atoms with Crippen molar-refractivity contribution in [3.63, 3.8) is 0 Å². The predicted molar refractivity (Wildman–Crippen MR) is 106 cm³/mol. The van der Waals surface area contributed by atoms with Crippen LogP contribution >= 0.6 is 0 Å². The van der Waals surface area contributed by atoms with Crippen LogP contribution in [-0.2, 0) is 28.3 Å². The summed E-state index contributed by atoms with van der Waals surface area (Å²) in [4.78, 5) is 19.3. The van der Waals surface area contributed by atoms with Crippen LogP contribution in [0.2, 0.25) is 0 Å². The molecule has 0 bridgehead atoms. The van der Waals surface area contributed by atoms with Gasteiger partial charge in [0.1, 0.15) is 0 Å². The number of nitrogens with one attached hydrogen (secondary N) is 2. The van der Waals surface area contributed by atoms with Crippen molar-refractivity contribution < 1.29 is 21.9 Å². The standard InChI is InChI=1S/C22H31N3O.Fe/c1-3-20-21-18(17-10-6-7-11-19(17)24-21)12-13-25(20)22(26)16-9-5-4-8-15(16)14-23-2;/h6-7,10-11,15-16,20,23-24H,3-5,8-9,12-14H2,1-2H3;. The summed E-state index contributed by atoms with van der Waals surface area (Å²) in [5.41, 5.74) is 3.90. The summed E-state index contributed by atoms with van der Waals surface area (Å²) in [5.74, 6) is 1.07. The van der Waals surface area contributed by atoms with Crippen LogP contribution in [0.1, 0.15) is 56.3 Å². The fraction of sp³-hybridized carbons (Fsp3) is 0.591. The third-order valence-corrected chi connectivity index (χ3v) is 6.52. The molecule has 5 heteroatoms. The Balaban J connectivity index is 0.00000210. The monoisotopic (exact) mass is 409 g/mol. The van der Waals surface area contributed by atoms with Crippen LogP contribution in [-0.4, -0.2) is 35.9 Å². The molecule has 3 unspecified atom stereocenters. The molecule has 2 heterocycles. The number of para-hydroxylation sites is 1. The number of hydrogen-bond acceptors (Lipinski definition) is 2. The smallest absolute Gasteiger partial charge is 0.226 e. The Morgan fingerprint density at radius 1 is 1.26 bits per heavy atom. The van der Waals surface area contributed by atoms with Gasteiger partial charge in [0.05, 0.1) is 6.04 Å². The number of H-pyrrole nitrogens is 1. The molecule has 0 spiro atoms. The second-order valence-electron chi connectivity index (χ2n) is 7.98. The molecular weight excluding hydrogens is 378 g/mol. The topological polar surface area (TPSA) is 48.1 Å². The molecule has 1 aromatic carbocycles. The minimum absolute atomic E-state index is 0. The molecule has 27 heavy (non-hydrogen) atoms. The first-order valence-corrected chi connectivity index (χ1v) is 10.3. The molecule has 1 aliphatic heterocycles. The molecular formula is C22H31FeN3O. The van der Waals surface area contributed by atoms with Crippen molar-refractivity contribution in [3.05, 3.63) is 35.5 Å². The second-order valence-corrected chi connectivity index (χ2v) is 7.98. The Morgan fingerprint density at radius 2 is 2.04 bits per heavy atom. The molecule has 4 nitrogen and oxygen atoms in total. The fourth-order valence-corrected chi connectivity index (χ4v) is 5.26. The van der Waals surface area contributed by atoms with Gasteiger partial charge < -0.3 is 15.2 Å². The Morgan fingerprint density at radius 3 is 2.81 bits per heavy atom. The molecule has 1 aliphatic carbocycles. The van der Waals surface area contributed by atoms with Crippen LogP contribution in [0.15, 0.2) is 24.3 Å². The number of carbonyl (C=O) groups is 1. The van der Waals surface area contributed by atoms with E-state index < -0.39 is 0 Å². The number of fused-ring (bicyclic) bond motifs is 3. The molecule has 148 valence electrons. The van der Waals surface area contributed by atoms with Crippen LogP contribution in [0.4, 0.5) is 0 Å². The normalized spacial score (nSPS) is 25.1. The van der Waals surface area contributed by atoms with E-state index in [0.717, 1.165) is 32.4 Å². The summed E-state index contributed by atoms with van der Waals surface area (Å²) in [6.45, 7) is 4.02. The third-order valence-electron chi connectivity index (χ3n) is 6.52. The van der Waals surface area contributed by atoms with Crippen molar-refractivity contribution in [1.29, 1.82) is 0 Å². The third kappa shape index (κ3) is 3.70. The molecule has 0 saturated heterocycles. The maximum absolute atomic E-state index is 13.5. The summed E-state index contributed by atoms with van der Waals surface area (Å²) >= 11 is 0. The molecule has 0 radical (unpaired) electrons. The van der Waals surface area contributed by atoms with E-state index in [-0.39, 0.29) is 29.0 Å². The van der Waals surface area contributed by atoms with Crippen LogP contribution in [0.25, 0.3) is 10.9 Å². The van der Waals surface area contributed by atoms with E-state index >= 15 is 0 Å². The number of amides is 1. The summed E-state index contributed by atoms with van der Waals surface area (Å²) in [6.07, 6.45) is 6.62.